The lowest BCUT2D eigenvalue weighted by molar-refractivity contribution is 0.446. The Morgan fingerprint density at radius 3 is 2.61 bits per heavy atom. The number of pyridine rings is 1. The van der Waals surface area contributed by atoms with E-state index in [0.29, 0.717) is 11.2 Å². The van der Waals surface area contributed by atoms with Crippen LogP contribution in [0.15, 0.2) is 88.3 Å². The van der Waals surface area contributed by atoms with Gasteiger partial charge in [0.15, 0.2) is 0 Å². The number of benzene rings is 3. The number of para-hydroxylation sites is 1. The Morgan fingerprint density at radius 2 is 1.68 bits per heavy atom. The first kappa shape index (κ1) is 17.6. The first-order valence-corrected chi connectivity index (χ1v) is 11.7. The summed E-state index contributed by atoms with van der Waals surface area (Å²) in [5.41, 5.74) is 8.49. The maximum absolute atomic E-state index is 6.11. The summed E-state index contributed by atoms with van der Waals surface area (Å²) in [6.07, 6.45) is 1.95. The fraction of sp³-hybridized carbons (Fsp3) is 0.179. The minimum atomic E-state index is 0.119. The maximum atomic E-state index is 6.11. The fourth-order valence-electron chi connectivity index (χ4n) is 5.71. The largest absolute Gasteiger partial charge is 0.456 e. The van der Waals surface area contributed by atoms with Gasteiger partial charge >= 0.3 is 0 Å². The van der Waals surface area contributed by atoms with Crippen molar-refractivity contribution < 1.29 is 4.42 Å². The van der Waals surface area contributed by atoms with Gasteiger partial charge in [0.1, 0.15) is 11.2 Å². The highest BCUT2D eigenvalue weighted by atomic mass is 32.2. The number of furan rings is 1. The molecule has 0 saturated carbocycles. The SMILES string of the molecule is CC1(C)c2ccc(-c3cc4oc5ccccc5c4cn3)cc2C2Sc3ccccc3C21. The van der Waals surface area contributed by atoms with E-state index in [1.54, 1.807) is 0 Å². The second-order valence-electron chi connectivity index (χ2n) is 9.24. The van der Waals surface area contributed by atoms with Crippen LogP contribution in [0.4, 0.5) is 0 Å². The van der Waals surface area contributed by atoms with Gasteiger partial charge in [-0.25, -0.2) is 0 Å². The Balaban J connectivity index is 1.37. The molecule has 5 aromatic rings. The number of fused-ring (bicyclic) bond motifs is 8. The molecule has 1 aliphatic heterocycles. The van der Waals surface area contributed by atoms with Crippen LogP contribution >= 0.6 is 11.8 Å². The van der Waals surface area contributed by atoms with Crippen molar-refractivity contribution in [3.63, 3.8) is 0 Å². The Morgan fingerprint density at radius 1 is 0.839 bits per heavy atom. The van der Waals surface area contributed by atoms with Crippen LogP contribution < -0.4 is 0 Å². The van der Waals surface area contributed by atoms with E-state index < -0.39 is 0 Å². The molecule has 2 unspecified atom stereocenters. The van der Waals surface area contributed by atoms with E-state index in [9.17, 15) is 0 Å². The molecule has 3 heterocycles. The van der Waals surface area contributed by atoms with Gasteiger partial charge in [-0.3, -0.25) is 4.98 Å². The molecule has 7 rings (SSSR count). The van der Waals surface area contributed by atoms with E-state index in [4.69, 9.17) is 9.40 Å². The average Bonchev–Trinajstić information content (AvgIpc) is 3.42. The molecule has 1 aliphatic carbocycles. The first-order chi connectivity index (χ1) is 15.1. The quantitative estimate of drug-likeness (QED) is 0.276. The Kier molecular flexibility index (Phi) is 3.42. The Bertz CT molecular complexity index is 1510. The summed E-state index contributed by atoms with van der Waals surface area (Å²) < 4.78 is 6.11. The summed E-state index contributed by atoms with van der Waals surface area (Å²) in [4.78, 5) is 6.25. The third-order valence-corrected chi connectivity index (χ3v) is 8.61. The van der Waals surface area contributed by atoms with Gasteiger partial charge in [0.2, 0.25) is 0 Å². The van der Waals surface area contributed by atoms with Gasteiger partial charge in [0.05, 0.1) is 5.69 Å². The standard InChI is InChI=1S/C28H21NOS/c1-28(2)21-12-11-16(13-19(21)27-26(28)18-8-4-6-10-25(18)31-27)22-14-24-20(15-29-22)17-7-3-5-9-23(17)30-24/h3-15,26-27H,1-2H3. The number of aromatic nitrogens is 1. The summed E-state index contributed by atoms with van der Waals surface area (Å²) in [5, 5.41) is 2.66. The van der Waals surface area contributed by atoms with Crippen LogP contribution in [0.3, 0.4) is 0 Å². The third kappa shape index (κ3) is 2.33. The minimum Gasteiger partial charge on any atom is -0.456 e. The Hall–Kier alpha value is -3.04. The van der Waals surface area contributed by atoms with Gasteiger partial charge in [0.25, 0.3) is 0 Å². The molecule has 2 aromatic heterocycles. The Labute approximate surface area is 185 Å². The molecule has 2 aliphatic rings. The van der Waals surface area contributed by atoms with E-state index in [1.807, 2.05) is 36.2 Å². The second-order valence-corrected chi connectivity index (χ2v) is 10.4. The molecule has 0 fully saturated rings. The molecule has 2 nitrogen and oxygen atoms in total. The highest BCUT2D eigenvalue weighted by molar-refractivity contribution is 8.00. The van der Waals surface area contributed by atoms with Crippen molar-refractivity contribution in [1.82, 2.24) is 4.98 Å². The van der Waals surface area contributed by atoms with Gasteiger partial charge in [-0.15, -0.1) is 11.8 Å². The summed E-state index contributed by atoms with van der Waals surface area (Å²) in [5.74, 6) is 0.518. The molecule has 3 heteroatoms. The number of hydrogen-bond acceptors (Lipinski definition) is 3. The molecule has 0 saturated heterocycles. The lowest BCUT2D eigenvalue weighted by Gasteiger charge is -2.28. The predicted molar refractivity (Wildman–Crippen MR) is 128 cm³/mol. The van der Waals surface area contributed by atoms with Crippen molar-refractivity contribution in [3.8, 4) is 11.3 Å². The number of rotatable bonds is 1. The number of hydrogen-bond donors (Lipinski definition) is 0. The fourth-order valence-corrected chi connectivity index (χ4v) is 7.42. The van der Waals surface area contributed by atoms with E-state index in [-0.39, 0.29) is 5.41 Å². The highest BCUT2D eigenvalue weighted by Gasteiger charge is 2.51. The molecule has 0 radical (unpaired) electrons. The zero-order valence-corrected chi connectivity index (χ0v) is 18.2. The van der Waals surface area contributed by atoms with Crippen LogP contribution in [0.25, 0.3) is 33.2 Å². The van der Waals surface area contributed by atoms with Crippen LogP contribution in [-0.2, 0) is 5.41 Å². The van der Waals surface area contributed by atoms with E-state index in [2.05, 4.69) is 68.4 Å². The smallest absolute Gasteiger partial charge is 0.139 e. The third-order valence-electron chi connectivity index (χ3n) is 7.20. The zero-order valence-electron chi connectivity index (χ0n) is 17.4. The van der Waals surface area contributed by atoms with Gasteiger partial charge in [-0.05, 0) is 40.3 Å². The molecule has 3 aromatic carbocycles. The summed E-state index contributed by atoms with van der Waals surface area (Å²) >= 11 is 2.02. The maximum Gasteiger partial charge on any atom is 0.139 e. The van der Waals surface area contributed by atoms with Crippen molar-refractivity contribution in [3.05, 3.63) is 95.7 Å². The number of thioether (sulfide) groups is 1. The van der Waals surface area contributed by atoms with Crippen molar-refractivity contribution >= 4 is 33.7 Å². The van der Waals surface area contributed by atoms with Gasteiger partial charge < -0.3 is 4.42 Å². The summed E-state index contributed by atoms with van der Waals surface area (Å²) in [7, 11) is 0. The topological polar surface area (TPSA) is 26.0 Å². The van der Waals surface area contributed by atoms with Crippen LogP contribution in [0.2, 0.25) is 0 Å². The molecule has 150 valence electrons. The van der Waals surface area contributed by atoms with E-state index >= 15 is 0 Å². The molecule has 0 N–H and O–H groups in total. The van der Waals surface area contributed by atoms with E-state index in [0.717, 1.165) is 33.2 Å². The predicted octanol–water partition coefficient (Wildman–Crippen LogP) is 7.87. The van der Waals surface area contributed by atoms with Crippen molar-refractivity contribution in [2.75, 3.05) is 0 Å². The van der Waals surface area contributed by atoms with Crippen LogP contribution in [0.5, 0.6) is 0 Å². The van der Waals surface area contributed by atoms with E-state index in [1.165, 1.54) is 21.6 Å². The van der Waals surface area contributed by atoms with Gasteiger partial charge in [0, 0.05) is 44.7 Å². The molecular formula is C28H21NOS. The summed E-state index contributed by atoms with van der Waals surface area (Å²) in [6, 6.07) is 26.1. The molecule has 0 amide bonds. The van der Waals surface area contributed by atoms with Crippen molar-refractivity contribution in [2.24, 2.45) is 0 Å². The monoisotopic (exact) mass is 419 g/mol. The van der Waals surface area contributed by atoms with Crippen LogP contribution in [0.1, 0.15) is 41.7 Å². The van der Waals surface area contributed by atoms with Crippen LogP contribution in [-0.4, -0.2) is 4.98 Å². The highest BCUT2D eigenvalue weighted by Crippen LogP contribution is 2.66. The van der Waals surface area contributed by atoms with Crippen molar-refractivity contribution in [2.45, 2.75) is 35.3 Å². The average molecular weight is 420 g/mol. The minimum absolute atomic E-state index is 0.119. The molecule has 0 bridgehead atoms. The van der Waals surface area contributed by atoms with Crippen LogP contribution in [0, 0.1) is 0 Å². The zero-order chi connectivity index (χ0) is 20.7. The first-order valence-electron chi connectivity index (χ1n) is 10.8. The lowest BCUT2D eigenvalue weighted by atomic mass is 9.75. The summed E-state index contributed by atoms with van der Waals surface area (Å²) in [6.45, 7) is 4.80. The van der Waals surface area contributed by atoms with Crippen molar-refractivity contribution in [1.29, 1.82) is 0 Å². The molecule has 2 atom stereocenters. The number of nitrogens with zero attached hydrogens (tertiary/aromatic N) is 1. The second kappa shape index (κ2) is 6.02. The molecule has 0 spiro atoms. The van der Waals surface area contributed by atoms with Gasteiger partial charge in [-0.1, -0.05) is 62.4 Å². The normalized spacial score (nSPS) is 20.7. The lowest BCUT2D eigenvalue weighted by Crippen LogP contribution is -2.21. The molecule has 31 heavy (non-hydrogen) atoms. The molecular weight excluding hydrogens is 398 g/mol. The van der Waals surface area contributed by atoms with Gasteiger partial charge in [-0.2, -0.15) is 0 Å².